The fourth-order valence-corrected chi connectivity index (χ4v) is 2.22. The van der Waals surface area contributed by atoms with E-state index in [4.69, 9.17) is 5.11 Å². The largest absolute Gasteiger partial charge is 0.392 e. The Morgan fingerprint density at radius 2 is 1.95 bits per heavy atom. The van der Waals surface area contributed by atoms with Gasteiger partial charge in [0.05, 0.1) is 12.1 Å². The molecule has 0 unspecified atom stereocenters. The van der Waals surface area contributed by atoms with Gasteiger partial charge in [0.15, 0.2) is 0 Å². The van der Waals surface area contributed by atoms with Gasteiger partial charge < -0.3 is 5.11 Å². The number of hydrogen-bond donors (Lipinski definition) is 1. The van der Waals surface area contributed by atoms with Gasteiger partial charge in [-0.3, -0.25) is 9.36 Å². The molecule has 2 aromatic heterocycles. The van der Waals surface area contributed by atoms with Crippen molar-refractivity contribution in [3.63, 3.8) is 0 Å². The topological polar surface area (TPSA) is 55.1 Å². The van der Waals surface area contributed by atoms with Crippen LogP contribution in [-0.2, 0) is 6.61 Å². The van der Waals surface area contributed by atoms with E-state index in [9.17, 15) is 4.79 Å². The summed E-state index contributed by atoms with van der Waals surface area (Å²) in [6.45, 7) is 1.93. The summed E-state index contributed by atoms with van der Waals surface area (Å²) in [5.74, 6) is 0.559. The van der Waals surface area contributed by atoms with E-state index in [0.29, 0.717) is 5.82 Å². The zero-order valence-corrected chi connectivity index (χ0v) is 11.1. The molecule has 0 fully saturated rings. The summed E-state index contributed by atoms with van der Waals surface area (Å²) < 4.78 is 1.59. The molecule has 0 radical (unpaired) electrons. The van der Waals surface area contributed by atoms with Gasteiger partial charge in [-0.2, -0.15) is 0 Å². The summed E-state index contributed by atoms with van der Waals surface area (Å²) in [4.78, 5) is 16.4. The van der Waals surface area contributed by atoms with Crippen LogP contribution in [0.15, 0.2) is 53.5 Å². The molecule has 20 heavy (non-hydrogen) atoms. The molecule has 0 bridgehead atoms. The van der Waals surface area contributed by atoms with Gasteiger partial charge in [-0.05, 0) is 41.6 Å². The second-order valence-electron chi connectivity index (χ2n) is 4.75. The number of pyridine rings is 2. The van der Waals surface area contributed by atoms with Gasteiger partial charge in [0.25, 0.3) is 5.56 Å². The van der Waals surface area contributed by atoms with Crippen molar-refractivity contribution in [1.82, 2.24) is 9.55 Å². The Morgan fingerprint density at radius 1 is 1.15 bits per heavy atom. The van der Waals surface area contributed by atoms with Crippen molar-refractivity contribution >= 4 is 10.9 Å². The molecule has 4 heteroatoms. The number of aryl methyl sites for hydroxylation is 1. The van der Waals surface area contributed by atoms with Crippen LogP contribution in [0.1, 0.15) is 11.1 Å². The second-order valence-corrected chi connectivity index (χ2v) is 4.75. The van der Waals surface area contributed by atoms with Crippen molar-refractivity contribution in [3.05, 3.63) is 70.1 Å². The van der Waals surface area contributed by atoms with E-state index >= 15 is 0 Å². The number of fused-ring (bicyclic) bond motifs is 1. The predicted octanol–water partition coefficient (Wildman–Crippen LogP) is 2.19. The lowest BCUT2D eigenvalue weighted by Crippen LogP contribution is -2.18. The third kappa shape index (κ3) is 2.10. The van der Waals surface area contributed by atoms with E-state index in [0.717, 1.165) is 22.0 Å². The first-order valence-electron chi connectivity index (χ1n) is 6.37. The van der Waals surface area contributed by atoms with Gasteiger partial charge in [0, 0.05) is 12.3 Å². The molecule has 3 rings (SSSR count). The van der Waals surface area contributed by atoms with E-state index in [1.165, 1.54) is 0 Å². The summed E-state index contributed by atoms with van der Waals surface area (Å²) in [6.07, 6.45) is 1.58. The molecule has 0 saturated heterocycles. The van der Waals surface area contributed by atoms with E-state index in [1.807, 2.05) is 31.2 Å². The van der Waals surface area contributed by atoms with E-state index < -0.39 is 0 Å². The first-order chi connectivity index (χ1) is 9.69. The molecular formula is C16H14N2O2. The van der Waals surface area contributed by atoms with Crippen LogP contribution in [0.3, 0.4) is 0 Å². The predicted molar refractivity (Wildman–Crippen MR) is 78.0 cm³/mol. The van der Waals surface area contributed by atoms with Crippen LogP contribution in [0.2, 0.25) is 0 Å². The molecule has 0 amide bonds. The summed E-state index contributed by atoms with van der Waals surface area (Å²) in [5, 5.41) is 10.0. The average Bonchev–Trinajstić information content (AvgIpc) is 2.47. The molecule has 0 saturated carbocycles. The fourth-order valence-electron chi connectivity index (χ4n) is 2.22. The molecule has 4 nitrogen and oxygen atoms in total. The Morgan fingerprint density at radius 3 is 2.65 bits per heavy atom. The quantitative estimate of drug-likeness (QED) is 0.773. The Bertz CT molecular complexity index is 820. The molecule has 1 aromatic carbocycles. The molecule has 3 aromatic rings. The monoisotopic (exact) mass is 266 g/mol. The summed E-state index contributed by atoms with van der Waals surface area (Å²) in [6, 6.07) is 12.8. The molecule has 0 aliphatic rings. The molecule has 0 spiro atoms. The molecule has 100 valence electrons. The third-order valence-electron chi connectivity index (χ3n) is 3.27. The fraction of sp³-hybridized carbons (Fsp3) is 0.125. The number of hydrogen-bond acceptors (Lipinski definition) is 3. The van der Waals surface area contributed by atoms with Crippen molar-refractivity contribution in [3.8, 4) is 5.82 Å². The highest BCUT2D eigenvalue weighted by atomic mass is 16.3. The highest BCUT2D eigenvalue weighted by molar-refractivity contribution is 5.81. The Balaban J connectivity index is 2.30. The van der Waals surface area contributed by atoms with Crippen molar-refractivity contribution in [1.29, 1.82) is 0 Å². The first kappa shape index (κ1) is 12.6. The van der Waals surface area contributed by atoms with Crippen molar-refractivity contribution < 1.29 is 5.11 Å². The van der Waals surface area contributed by atoms with E-state index in [1.54, 1.807) is 29.0 Å². The highest BCUT2D eigenvalue weighted by Gasteiger charge is 2.06. The lowest BCUT2D eigenvalue weighted by atomic mass is 10.1. The molecule has 0 aliphatic carbocycles. The maximum absolute atomic E-state index is 12.2. The lowest BCUT2D eigenvalue weighted by molar-refractivity contribution is 0.281. The van der Waals surface area contributed by atoms with Gasteiger partial charge >= 0.3 is 0 Å². The smallest absolute Gasteiger partial charge is 0.256 e. The normalized spacial score (nSPS) is 10.9. The SMILES string of the molecule is Cc1ccc2ccc(=O)n(-c3ccc(CO)cn3)c2c1. The average molecular weight is 266 g/mol. The number of nitrogens with zero attached hydrogens (tertiary/aromatic N) is 2. The third-order valence-corrected chi connectivity index (χ3v) is 3.27. The number of aliphatic hydroxyl groups excluding tert-OH is 1. The van der Waals surface area contributed by atoms with E-state index in [-0.39, 0.29) is 12.2 Å². The van der Waals surface area contributed by atoms with Gasteiger partial charge in [-0.25, -0.2) is 4.98 Å². The zero-order valence-electron chi connectivity index (χ0n) is 11.1. The minimum absolute atomic E-state index is 0.0587. The number of rotatable bonds is 2. The Hall–Kier alpha value is -2.46. The number of aromatic nitrogens is 2. The van der Waals surface area contributed by atoms with Crippen LogP contribution in [0.5, 0.6) is 0 Å². The zero-order chi connectivity index (χ0) is 14.1. The van der Waals surface area contributed by atoms with Crippen LogP contribution in [0.25, 0.3) is 16.7 Å². The standard InChI is InChI=1S/C16H14N2O2/c1-11-2-4-13-5-7-16(20)18(14(13)8-11)15-6-3-12(10-19)9-17-15/h2-9,19H,10H2,1H3. The van der Waals surface area contributed by atoms with Gasteiger partial charge in [0.1, 0.15) is 5.82 Å². The van der Waals surface area contributed by atoms with Crippen LogP contribution in [0.4, 0.5) is 0 Å². The number of benzene rings is 1. The first-order valence-corrected chi connectivity index (χ1v) is 6.37. The molecular weight excluding hydrogens is 252 g/mol. The molecule has 1 N–H and O–H groups in total. The van der Waals surface area contributed by atoms with Crippen molar-refractivity contribution in [2.75, 3.05) is 0 Å². The number of aliphatic hydroxyl groups is 1. The molecule has 0 aliphatic heterocycles. The minimum atomic E-state index is -0.118. The van der Waals surface area contributed by atoms with Crippen LogP contribution in [-0.4, -0.2) is 14.7 Å². The second kappa shape index (κ2) is 4.90. The van der Waals surface area contributed by atoms with Gasteiger partial charge in [-0.1, -0.05) is 18.2 Å². The van der Waals surface area contributed by atoms with E-state index in [2.05, 4.69) is 4.98 Å². The molecule has 0 atom stereocenters. The summed E-state index contributed by atoms with van der Waals surface area (Å²) >= 11 is 0. The maximum Gasteiger partial charge on any atom is 0.256 e. The summed E-state index contributed by atoms with van der Waals surface area (Å²) in [7, 11) is 0. The molecule has 2 heterocycles. The lowest BCUT2D eigenvalue weighted by Gasteiger charge is -2.10. The van der Waals surface area contributed by atoms with Gasteiger partial charge in [-0.15, -0.1) is 0 Å². The van der Waals surface area contributed by atoms with Crippen LogP contribution >= 0.6 is 0 Å². The van der Waals surface area contributed by atoms with Crippen molar-refractivity contribution in [2.24, 2.45) is 0 Å². The Kier molecular flexibility index (Phi) is 3.08. The minimum Gasteiger partial charge on any atom is -0.392 e. The summed E-state index contributed by atoms with van der Waals surface area (Å²) in [5.41, 5.74) is 2.52. The maximum atomic E-state index is 12.2. The Labute approximate surface area is 116 Å². The van der Waals surface area contributed by atoms with Crippen LogP contribution < -0.4 is 5.56 Å². The van der Waals surface area contributed by atoms with Gasteiger partial charge in [0.2, 0.25) is 0 Å². The van der Waals surface area contributed by atoms with Crippen molar-refractivity contribution in [2.45, 2.75) is 13.5 Å². The highest BCUT2D eigenvalue weighted by Crippen LogP contribution is 2.17. The van der Waals surface area contributed by atoms with Crippen LogP contribution in [0, 0.1) is 6.92 Å².